The average molecular weight is 462 g/mol. The van der Waals surface area contributed by atoms with Crippen molar-refractivity contribution in [3.8, 4) is 23.0 Å². The number of hydrogen-bond donors (Lipinski definition) is 0. The van der Waals surface area contributed by atoms with E-state index in [2.05, 4.69) is 11.8 Å². The van der Waals surface area contributed by atoms with E-state index in [-0.39, 0.29) is 4.90 Å². The van der Waals surface area contributed by atoms with E-state index in [4.69, 9.17) is 0 Å². The van der Waals surface area contributed by atoms with Crippen LogP contribution in [0, 0.1) is 25.7 Å². The topological polar surface area (TPSA) is 39.1 Å². The predicted octanol–water partition coefficient (Wildman–Crippen LogP) is 6.56. The van der Waals surface area contributed by atoms with E-state index in [1.165, 1.54) is 3.97 Å². The highest BCUT2D eigenvalue weighted by atomic mass is 32.2. The number of benzene rings is 4. The quantitative estimate of drug-likeness (QED) is 0.285. The summed E-state index contributed by atoms with van der Waals surface area (Å²) in [6.07, 6.45) is 0. The van der Waals surface area contributed by atoms with Gasteiger partial charge >= 0.3 is 0 Å². The Hall–Kier alpha value is -4.07. The van der Waals surface area contributed by atoms with Crippen molar-refractivity contribution in [1.82, 2.24) is 3.97 Å². The molecule has 0 aliphatic carbocycles. The normalized spacial score (nSPS) is 11.2. The van der Waals surface area contributed by atoms with Gasteiger partial charge in [0.25, 0.3) is 10.0 Å². The summed E-state index contributed by atoms with van der Waals surface area (Å²) in [5, 5.41) is 0.860. The highest BCUT2D eigenvalue weighted by molar-refractivity contribution is 7.90. The highest BCUT2D eigenvalue weighted by Gasteiger charge is 2.27. The SMILES string of the molecule is Cc1ccc(S(=O)(=O)n2c(C#Cc3ccccc3)c(-c3ccccc3)c3cc(C)ccc32)cc1. The van der Waals surface area contributed by atoms with Crippen molar-refractivity contribution < 1.29 is 8.42 Å². The molecule has 1 aromatic heterocycles. The Morgan fingerprint density at radius 1 is 0.676 bits per heavy atom. The standard InChI is InChI=1S/C30H23NO2S/c1-22-13-17-26(18-14-22)34(32,33)31-28-19-15-23(2)21-27(28)30(25-11-7-4-8-12-25)29(31)20-16-24-9-5-3-6-10-24/h3-15,17-19,21H,1-2H3. The van der Waals surface area contributed by atoms with Gasteiger partial charge in [-0.2, -0.15) is 0 Å². The first kappa shape index (κ1) is 21.8. The third-order valence-electron chi connectivity index (χ3n) is 5.80. The van der Waals surface area contributed by atoms with Crippen molar-refractivity contribution in [2.24, 2.45) is 0 Å². The summed E-state index contributed by atoms with van der Waals surface area (Å²) in [5.74, 6) is 6.41. The molecule has 4 aromatic carbocycles. The molecule has 0 spiro atoms. The zero-order valence-corrected chi connectivity index (χ0v) is 19.8. The number of nitrogens with zero attached hydrogens (tertiary/aromatic N) is 1. The Morgan fingerprint density at radius 2 is 1.29 bits per heavy atom. The smallest absolute Gasteiger partial charge is 0.225 e. The molecule has 0 unspecified atom stereocenters. The molecule has 3 nitrogen and oxygen atoms in total. The average Bonchev–Trinajstić information content (AvgIpc) is 3.18. The van der Waals surface area contributed by atoms with Gasteiger partial charge in [0.1, 0.15) is 5.69 Å². The van der Waals surface area contributed by atoms with Gasteiger partial charge in [0.2, 0.25) is 0 Å². The zero-order valence-electron chi connectivity index (χ0n) is 19.0. The number of hydrogen-bond acceptors (Lipinski definition) is 2. The van der Waals surface area contributed by atoms with E-state index in [9.17, 15) is 8.42 Å². The Bertz CT molecular complexity index is 1650. The molecule has 0 saturated heterocycles. The molecule has 5 rings (SSSR count). The summed E-state index contributed by atoms with van der Waals surface area (Å²) in [6.45, 7) is 3.95. The zero-order chi connectivity index (χ0) is 23.7. The van der Waals surface area contributed by atoms with Gasteiger partial charge in [-0.25, -0.2) is 12.4 Å². The maximum atomic E-state index is 14.0. The lowest BCUT2D eigenvalue weighted by atomic mass is 10.0. The molecule has 0 amide bonds. The monoisotopic (exact) mass is 461 g/mol. The predicted molar refractivity (Wildman–Crippen MR) is 138 cm³/mol. The fraction of sp³-hybridized carbons (Fsp3) is 0.0667. The minimum atomic E-state index is -3.90. The molecular formula is C30H23NO2S. The van der Waals surface area contributed by atoms with Crippen LogP contribution in [0.5, 0.6) is 0 Å². The number of aryl methyl sites for hydroxylation is 2. The second kappa shape index (κ2) is 8.70. The van der Waals surface area contributed by atoms with E-state index in [1.54, 1.807) is 12.1 Å². The molecule has 0 fully saturated rings. The second-order valence-corrected chi connectivity index (χ2v) is 10.1. The van der Waals surface area contributed by atoms with E-state index >= 15 is 0 Å². The van der Waals surface area contributed by atoms with Crippen LogP contribution < -0.4 is 0 Å². The summed E-state index contributed by atoms with van der Waals surface area (Å²) in [7, 11) is -3.90. The lowest BCUT2D eigenvalue weighted by Gasteiger charge is -2.10. The fourth-order valence-electron chi connectivity index (χ4n) is 4.11. The maximum Gasteiger partial charge on any atom is 0.269 e. The molecule has 5 aromatic rings. The van der Waals surface area contributed by atoms with Crippen LogP contribution in [0.15, 0.2) is 108 Å². The van der Waals surface area contributed by atoms with Crippen molar-refractivity contribution in [3.05, 3.63) is 126 Å². The maximum absolute atomic E-state index is 14.0. The van der Waals surface area contributed by atoms with Gasteiger partial charge < -0.3 is 0 Å². The molecule has 4 heteroatoms. The van der Waals surface area contributed by atoms with Gasteiger partial charge in [0.05, 0.1) is 10.4 Å². The molecule has 0 aliphatic heterocycles. The van der Waals surface area contributed by atoms with Crippen molar-refractivity contribution in [2.45, 2.75) is 18.7 Å². The van der Waals surface area contributed by atoms with Gasteiger partial charge in [-0.05, 0) is 61.7 Å². The fourth-order valence-corrected chi connectivity index (χ4v) is 5.59. The lowest BCUT2D eigenvalue weighted by molar-refractivity contribution is 0.588. The Labute approximate surface area is 200 Å². The highest BCUT2D eigenvalue weighted by Crippen LogP contribution is 2.37. The third kappa shape index (κ3) is 3.91. The van der Waals surface area contributed by atoms with E-state index in [1.807, 2.05) is 105 Å². The van der Waals surface area contributed by atoms with Crippen LogP contribution in [0.3, 0.4) is 0 Å². The van der Waals surface area contributed by atoms with Crippen LogP contribution in [0.25, 0.3) is 22.0 Å². The molecular weight excluding hydrogens is 438 g/mol. The first-order chi connectivity index (χ1) is 16.4. The molecule has 1 heterocycles. The van der Waals surface area contributed by atoms with E-state index in [0.29, 0.717) is 11.2 Å². The number of aromatic nitrogens is 1. The first-order valence-corrected chi connectivity index (χ1v) is 12.5. The molecule has 0 aliphatic rings. The Morgan fingerprint density at radius 3 is 1.97 bits per heavy atom. The molecule has 0 N–H and O–H groups in total. The van der Waals surface area contributed by atoms with Crippen LogP contribution in [0.1, 0.15) is 22.4 Å². The lowest BCUT2D eigenvalue weighted by Crippen LogP contribution is -2.15. The van der Waals surface area contributed by atoms with Crippen molar-refractivity contribution in [2.75, 3.05) is 0 Å². The number of rotatable bonds is 3. The largest absolute Gasteiger partial charge is 0.269 e. The van der Waals surface area contributed by atoms with Gasteiger partial charge in [-0.3, -0.25) is 0 Å². The number of fused-ring (bicyclic) bond motifs is 1. The molecule has 166 valence electrons. The van der Waals surface area contributed by atoms with Gasteiger partial charge in [-0.15, -0.1) is 0 Å². The van der Waals surface area contributed by atoms with Crippen LogP contribution in [0.2, 0.25) is 0 Å². The molecule has 34 heavy (non-hydrogen) atoms. The molecule has 0 atom stereocenters. The van der Waals surface area contributed by atoms with Crippen LogP contribution >= 0.6 is 0 Å². The molecule has 0 bridgehead atoms. The minimum absolute atomic E-state index is 0.234. The van der Waals surface area contributed by atoms with Crippen LogP contribution in [0.4, 0.5) is 0 Å². The van der Waals surface area contributed by atoms with Crippen LogP contribution in [-0.2, 0) is 10.0 Å². The van der Waals surface area contributed by atoms with Gasteiger partial charge in [0.15, 0.2) is 0 Å². The summed E-state index contributed by atoms with van der Waals surface area (Å²) in [4.78, 5) is 0.234. The van der Waals surface area contributed by atoms with Crippen LogP contribution in [-0.4, -0.2) is 12.4 Å². The van der Waals surface area contributed by atoms with Gasteiger partial charge in [-0.1, -0.05) is 83.8 Å². The first-order valence-electron chi connectivity index (χ1n) is 11.0. The third-order valence-corrected chi connectivity index (χ3v) is 7.53. The van der Waals surface area contributed by atoms with E-state index in [0.717, 1.165) is 33.2 Å². The second-order valence-electron chi connectivity index (χ2n) is 8.31. The van der Waals surface area contributed by atoms with Crippen molar-refractivity contribution in [3.63, 3.8) is 0 Å². The van der Waals surface area contributed by atoms with Crippen molar-refractivity contribution in [1.29, 1.82) is 0 Å². The minimum Gasteiger partial charge on any atom is -0.225 e. The summed E-state index contributed by atoms with van der Waals surface area (Å²) in [5.41, 5.74) is 5.69. The Balaban J connectivity index is 1.90. The van der Waals surface area contributed by atoms with E-state index < -0.39 is 10.0 Å². The summed E-state index contributed by atoms with van der Waals surface area (Å²) in [6, 6.07) is 32.2. The summed E-state index contributed by atoms with van der Waals surface area (Å²) < 4.78 is 29.4. The Kier molecular flexibility index (Phi) is 5.57. The molecule has 0 saturated carbocycles. The summed E-state index contributed by atoms with van der Waals surface area (Å²) >= 11 is 0. The van der Waals surface area contributed by atoms with Crippen molar-refractivity contribution >= 4 is 20.9 Å². The molecule has 0 radical (unpaired) electrons. The van der Waals surface area contributed by atoms with Gasteiger partial charge in [0, 0.05) is 16.5 Å².